The largest absolute Gasteiger partial charge is 0.497 e. The normalized spacial score (nSPS) is 15.8. The molecule has 2 aromatic rings. The molecule has 166 valence electrons. The number of primary amides is 1. The summed E-state index contributed by atoms with van der Waals surface area (Å²) >= 11 is 5.95. The van der Waals surface area contributed by atoms with Gasteiger partial charge >= 0.3 is 0 Å². The molecule has 1 aliphatic rings. The average molecular weight is 447 g/mol. The predicted octanol–water partition coefficient (Wildman–Crippen LogP) is 2.14. The molecule has 1 atom stereocenters. The van der Waals surface area contributed by atoms with Gasteiger partial charge in [0.15, 0.2) is 0 Å². The molecule has 1 fully saturated rings. The van der Waals surface area contributed by atoms with E-state index in [4.69, 9.17) is 26.8 Å². The second-order valence-corrected chi connectivity index (χ2v) is 7.72. The van der Waals surface area contributed by atoms with Gasteiger partial charge in [0.2, 0.25) is 11.8 Å². The van der Waals surface area contributed by atoms with Crippen molar-refractivity contribution < 1.29 is 19.1 Å². The molecule has 0 radical (unpaired) electrons. The maximum atomic E-state index is 12.6. The van der Waals surface area contributed by atoms with Crippen molar-refractivity contribution in [3.63, 3.8) is 0 Å². The van der Waals surface area contributed by atoms with E-state index in [0.29, 0.717) is 48.4 Å². The van der Waals surface area contributed by atoms with Crippen molar-refractivity contribution in [1.82, 2.24) is 9.80 Å². The van der Waals surface area contributed by atoms with Crippen molar-refractivity contribution in [2.24, 2.45) is 5.73 Å². The van der Waals surface area contributed by atoms with E-state index < -0.39 is 11.9 Å². The summed E-state index contributed by atoms with van der Waals surface area (Å²) in [7, 11) is 3.11. The van der Waals surface area contributed by atoms with Crippen LogP contribution in [0.25, 0.3) is 0 Å². The Kier molecular flexibility index (Phi) is 7.73. The molecule has 3 N–H and O–H groups in total. The Morgan fingerprint density at radius 1 is 1.06 bits per heavy atom. The second kappa shape index (κ2) is 10.5. The van der Waals surface area contributed by atoms with Crippen LogP contribution in [0.4, 0.5) is 5.69 Å². The van der Waals surface area contributed by atoms with Gasteiger partial charge in [0.25, 0.3) is 0 Å². The molecule has 1 heterocycles. The van der Waals surface area contributed by atoms with Crippen LogP contribution in [0.2, 0.25) is 5.02 Å². The van der Waals surface area contributed by atoms with Crippen LogP contribution in [0.15, 0.2) is 42.5 Å². The van der Waals surface area contributed by atoms with Gasteiger partial charge < -0.3 is 20.5 Å². The number of carbonyl (C=O) groups excluding carboxylic acids is 2. The smallest absolute Gasteiger partial charge is 0.239 e. The van der Waals surface area contributed by atoms with E-state index >= 15 is 0 Å². The number of hydrogen-bond donors (Lipinski definition) is 2. The number of amides is 2. The number of piperazine rings is 1. The number of carbonyl (C=O) groups is 2. The summed E-state index contributed by atoms with van der Waals surface area (Å²) in [4.78, 5) is 28.8. The van der Waals surface area contributed by atoms with Gasteiger partial charge in [-0.15, -0.1) is 0 Å². The Morgan fingerprint density at radius 2 is 1.74 bits per heavy atom. The summed E-state index contributed by atoms with van der Waals surface area (Å²) in [5, 5.41) is 3.49. The van der Waals surface area contributed by atoms with Crippen molar-refractivity contribution in [2.75, 3.05) is 52.3 Å². The molecule has 0 unspecified atom stereocenters. The number of nitrogens with two attached hydrogens (primary N) is 1. The third-order valence-corrected chi connectivity index (χ3v) is 5.53. The number of benzene rings is 2. The molecule has 9 heteroatoms. The lowest BCUT2D eigenvalue weighted by molar-refractivity contribution is -0.125. The molecule has 3 rings (SSSR count). The Bertz CT molecular complexity index is 914. The molecular weight excluding hydrogens is 420 g/mol. The minimum Gasteiger partial charge on any atom is -0.497 e. The van der Waals surface area contributed by atoms with Crippen LogP contribution in [0.3, 0.4) is 0 Å². The van der Waals surface area contributed by atoms with Crippen LogP contribution in [0.1, 0.15) is 11.6 Å². The van der Waals surface area contributed by atoms with E-state index in [0.717, 1.165) is 5.56 Å². The number of halogens is 1. The fraction of sp³-hybridized carbons (Fsp3) is 0.364. The van der Waals surface area contributed by atoms with Gasteiger partial charge in [-0.1, -0.05) is 23.7 Å². The molecule has 2 amide bonds. The van der Waals surface area contributed by atoms with E-state index in [-0.39, 0.29) is 12.5 Å². The van der Waals surface area contributed by atoms with Crippen LogP contribution < -0.4 is 20.5 Å². The van der Waals surface area contributed by atoms with Gasteiger partial charge in [-0.3, -0.25) is 19.4 Å². The molecule has 1 saturated heterocycles. The first-order valence-corrected chi connectivity index (χ1v) is 10.3. The average Bonchev–Trinajstić information content (AvgIpc) is 2.76. The SMILES string of the molecule is COc1ccc(OC)c(NC(=O)CN2CCN([C@H](C(N)=O)c3ccc(Cl)cc3)CC2)c1. The van der Waals surface area contributed by atoms with Gasteiger partial charge in [-0.05, 0) is 29.8 Å². The topological polar surface area (TPSA) is 97.1 Å². The Hall–Kier alpha value is -2.81. The van der Waals surface area contributed by atoms with Crippen LogP contribution in [-0.4, -0.2) is 68.6 Å². The predicted molar refractivity (Wildman–Crippen MR) is 120 cm³/mol. The second-order valence-electron chi connectivity index (χ2n) is 7.28. The molecular formula is C22H27ClN4O4. The molecule has 0 bridgehead atoms. The number of rotatable bonds is 8. The number of nitrogens with one attached hydrogen (secondary N) is 1. The standard InChI is InChI=1S/C22H27ClN4O4/c1-30-17-7-8-19(31-2)18(13-17)25-20(28)14-26-9-11-27(12-10-26)21(22(24)29)15-3-5-16(23)6-4-15/h3-8,13,21H,9-12,14H2,1-2H3,(H2,24,29)(H,25,28)/t21-/m0/s1. The van der Waals surface area contributed by atoms with Gasteiger partial charge in [0.1, 0.15) is 17.5 Å². The first-order valence-electron chi connectivity index (χ1n) is 9.94. The highest BCUT2D eigenvalue weighted by Crippen LogP contribution is 2.29. The molecule has 0 saturated carbocycles. The fourth-order valence-electron chi connectivity index (χ4n) is 3.68. The number of methoxy groups -OCH3 is 2. The van der Waals surface area contributed by atoms with Gasteiger partial charge in [0, 0.05) is 37.3 Å². The lowest BCUT2D eigenvalue weighted by Gasteiger charge is -2.38. The summed E-state index contributed by atoms with van der Waals surface area (Å²) in [6.07, 6.45) is 0. The van der Waals surface area contributed by atoms with Crippen LogP contribution in [0.5, 0.6) is 11.5 Å². The van der Waals surface area contributed by atoms with E-state index in [1.807, 2.05) is 21.9 Å². The summed E-state index contributed by atoms with van der Waals surface area (Å²) in [5.74, 6) is 0.637. The lowest BCUT2D eigenvalue weighted by Crippen LogP contribution is -2.51. The lowest BCUT2D eigenvalue weighted by atomic mass is 10.0. The summed E-state index contributed by atoms with van der Waals surface area (Å²) in [6, 6.07) is 11.9. The quantitative estimate of drug-likeness (QED) is 0.644. The first kappa shape index (κ1) is 22.9. The third-order valence-electron chi connectivity index (χ3n) is 5.28. The first-order chi connectivity index (χ1) is 14.9. The van der Waals surface area contributed by atoms with Crippen molar-refractivity contribution >= 4 is 29.1 Å². The highest BCUT2D eigenvalue weighted by molar-refractivity contribution is 6.30. The summed E-state index contributed by atoms with van der Waals surface area (Å²) in [6.45, 7) is 2.74. The highest BCUT2D eigenvalue weighted by Gasteiger charge is 2.29. The van der Waals surface area contributed by atoms with Crippen molar-refractivity contribution in [2.45, 2.75) is 6.04 Å². The van der Waals surface area contributed by atoms with E-state index in [1.165, 1.54) is 0 Å². The van der Waals surface area contributed by atoms with Crippen molar-refractivity contribution in [3.8, 4) is 11.5 Å². The molecule has 0 aromatic heterocycles. The molecule has 0 spiro atoms. The molecule has 0 aliphatic carbocycles. The third kappa shape index (κ3) is 5.88. The Labute approximate surface area is 186 Å². The fourth-order valence-corrected chi connectivity index (χ4v) is 3.81. The van der Waals surface area contributed by atoms with Gasteiger partial charge in [0.05, 0.1) is 26.5 Å². The van der Waals surface area contributed by atoms with E-state index in [9.17, 15) is 9.59 Å². The molecule has 31 heavy (non-hydrogen) atoms. The highest BCUT2D eigenvalue weighted by atomic mass is 35.5. The Morgan fingerprint density at radius 3 is 2.32 bits per heavy atom. The van der Waals surface area contributed by atoms with Crippen molar-refractivity contribution in [3.05, 3.63) is 53.1 Å². The minimum atomic E-state index is -0.519. The zero-order chi connectivity index (χ0) is 22.4. The van der Waals surface area contributed by atoms with Gasteiger partial charge in [-0.2, -0.15) is 0 Å². The zero-order valence-electron chi connectivity index (χ0n) is 17.6. The summed E-state index contributed by atoms with van der Waals surface area (Å²) < 4.78 is 10.5. The van der Waals surface area contributed by atoms with E-state index in [1.54, 1.807) is 44.6 Å². The molecule has 2 aromatic carbocycles. The number of ether oxygens (including phenoxy) is 2. The summed E-state index contributed by atoms with van der Waals surface area (Å²) in [5.41, 5.74) is 7.05. The van der Waals surface area contributed by atoms with Crippen LogP contribution in [0, 0.1) is 0 Å². The number of anilines is 1. The van der Waals surface area contributed by atoms with Crippen LogP contribution in [-0.2, 0) is 9.59 Å². The zero-order valence-corrected chi connectivity index (χ0v) is 18.4. The number of nitrogens with zero attached hydrogens (tertiary/aromatic N) is 2. The van der Waals surface area contributed by atoms with Crippen LogP contribution >= 0.6 is 11.6 Å². The maximum absolute atomic E-state index is 12.6. The number of hydrogen-bond acceptors (Lipinski definition) is 6. The van der Waals surface area contributed by atoms with Crippen molar-refractivity contribution in [1.29, 1.82) is 0 Å². The molecule has 1 aliphatic heterocycles. The van der Waals surface area contributed by atoms with Gasteiger partial charge in [-0.25, -0.2) is 0 Å². The molecule has 8 nitrogen and oxygen atoms in total. The van der Waals surface area contributed by atoms with E-state index in [2.05, 4.69) is 5.32 Å². The minimum absolute atomic E-state index is 0.149. The monoisotopic (exact) mass is 446 g/mol. The maximum Gasteiger partial charge on any atom is 0.239 e. The Balaban J connectivity index is 1.57.